The third kappa shape index (κ3) is 1.76. The first-order valence-electron chi connectivity index (χ1n) is 5.27. The van der Waals surface area contributed by atoms with Crippen molar-refractivity contribution in [2.45, 2.75) is 39.2 Å². The summed E-state index contributed by atoms with van der Waals surface area (Å²) in [5.74, 6) is 1.05. The van der Waals surface area contributed by atoms with E-state index < -0.39 is 0 Å². The van der Waals surface area contributed by atoms with Crippen LogP contribution < -0.4 is 5.73 Å². The molecule has 1 fully saturated rings. The Kier molecular flexibility index (Phi) is 2.50. The molecule has 2 unspecified atom stereocenters. The fourth-order valence-corrected chi connectivity index (χ4v) is 2.05. The van der Waals surface area contributed by atoms with Crippen molar-refractivity contribution in [1.82, 2.24) is 15.0 Å². The van der Waals surface area contributed by atoms with Gasteiger partial charge < -0.3 is 5.73 Å². The molecule has 0 radical (unpaired) electrons. The van der Waals surface area contributed by atoms with Crippen LogP contribution in [0.4, 0.5) is 0 Å². The standard InChI is InChI=1S/C10H16N4S/c1-5(2)9-8(10(11)15)12-13-14(9)7-4-6(7)3/h5-7H,4H2,1-3H3,(H2,11,15). The molecular formula is C10H16N4S. The largest absolute Gasteiger partial charge is 0.388 e. The summed E-state index contributed by atoms with van der Waals surface area (Å²) >= 11 is 4.98. The Morgan fingerprint density at radius 2 is 2.20 bits per heavy atom. The van der Waals surface area contributed by atoms with Gasteiger partial charge in [-0.05, 0) is 18.3 Å². The smallest absolute Gasteiger partial charge is 0.143 e. The van der Waals surface area contributed by atoms with Gasteiger partial charge in [-0.25, -0.2) is 4.68 Å². The van der Waals surface area contributed by atoms with Gasteiger partial charge in [-0.15, -0.1) is 5.10 Å². The van der Waals surface area contributed by atoms with Crippen molar-refractivity contribution in [3.05, 3.63) is 11.4 Å². The molecule has 1 aromatic heterocycles. The zero-order chi connectivity index (χ0) is 11.2. The molecule has 0 aromatic carbocycles. The van der Waals surface area contributed by atoms with Crippen molar-refractivity contribution in [3.63, 3.8) is 0 Å². The highest BCUT2D eigenvalue weighted by Crippen LogP contribution is 2.43. The predicted molar refractivity (Wildman–Crippen MR) is 62.8 cm³/mol. The summed E-state index contributed by atoms with van der Waals surface area (Å²) in [6.07, 6.45) is 1.18. The minimum atomic E-state index is 0.346. The second-order valence-electron chi connectivity index (χ2n) is 4.57. The first-order valence-corrected chi connectivity index (χ1v) is 5.68. The summed E-state index contributed by atoms with van der Waals surface area (Å²) in [5, 5.41) is 8.25. The van der Waals surface area contributed by atoms with Gasteiger partial charge in [0.25, 0.3) is 0 Å². The Balaban J connectivity index is 2.43. The van der Waals surface area contributed by atoms with Gasteiger partial charge in [0.2, 0.25) is 0 Å². The van der Waals surface area contributed by atoms with Crippen LogP contribution in [0.25, 0.3) is 0 Å². The minimum absolute atomic E-state index is 0.346. The average molecular weight is 224 g/mol. The minimum Gasteiger partial charge on any atom is -0.388 e. The fraction of sp³-hybridized carbons (Fsp3) is 0.700. The van der Waals surface area contributed by atoms with Gasteiger partial charge in [0.05, 0.1) is 11.7 Å². The summed E-state index contributed by atoms with van der Waals surface area (Å²) in [5.41, 5.74) is 7.41. The molecule has 2 N–H and O–H groups in total. The zero-order valence-electron chi connectivity index (χ0n) is 9.27. The molecule has 4 nitrogen and oxygen atoms in total. The molecule has 2 rings (SSSR count). The summed E-state index contributed by atoms with van der Waals surface area (Å²) in [4.78, 5) is 0.346. The highest BCUT2D eigenvalue weighted by Gasteiger charge is 2.38. The molecule has 1 aliphatic rings. The van der Waals surface area contributed by atoms with Crippen LogP contribution >= 0.6 is 12.2 Å². The van der Waals surface area contributed by atoms with E-state index in [-0.39, 0.29) is 0 Å². The van der Waals surface area contributed by atoms with E-state index in [1.165, 1.54) is 6.42 Å². The van der Waals surface area contributed by atoms with Gasteiger partial charge in [0, 0.05) is 0 Å². The van der Waals surface area contributed by atoms with Crippen LogP contribution in [0.1, 0.15) is 50.5 Å². The third-order valence-electron chi connectivity index (χ3n) is 2.89. The summed E-state index contributed by atoms with van der Waals surface area (Å²) in [6, 6.07) is 0.498. The van der Waals surface area contributed by atoms with Crippen LogP contribution in [0.5, 0.6) is 0 Å². The van der Waals surface area contributed by atoms with Crippen molar-refractivity contribution in [3.8, 4) is 0 Å². The monoisotopic (exact) mass is 224 g/mol. The second-order valence-corrected chi connectivity index (χ2v) is 5.01. The first kappa shape index (κ1) is 10.5. The van der Waals surface area contributed by atoms with Gasteiger partial charge in [-0.1, -0.05) is 38.2 Å². The molecule has 82 valence electrons. The van der Waals surface area contributed by atoms with Crippen LogP contribution in [-0.4, -0.2) is 20.0 Å². The van der Waals surface area contributed by atoms with Crippen LogP contribution in [0.3, 0.4) is 0 Å². The number of nitrogens with zero attached hydrogens (tertiary/aromatic N) is 3. The molecule has 0 bridgehead atoms. The lowest BCUT2D eigenvalue weighted by Gasteiger charge is -2.09. The molecule has 0 saturated heterocycles. The van der Waals surface area contributed by atoms with Crippen molar-refractivity contribution in [2.75, 3.05) is 0 Å². The van der Waals surface area contributed by atoms with E-state index in [1.807, 2.05) is 4.68 Å². The molecule has 0 amide bonds. The molecule has 5 heteroatoms. The molecule has 2 atom stereocenters. The van der Waals surface area contributed by atoms with Crippen molar-refractivity contribution >= 4 is 17.2 Å². The second kappa shape index (κ2) is 3.56. The SMILES string of the molecule is CC(C)c1c(C(N)=S)nnn1C1CC1C. The molecule has 0 spiro atoms. The molecule has 1 saturated carbocycles. The van der Waals surface area contributed by atoms with Crippen molar-refractivity contribution < 1.29 is 0 Å². The summed E-state index contributed by atoms with van der Waals surface area (Å²) in [6.45, 7) is 6.45. The summed E-state index contributed by atoms with van der Waals surface area (Å²) < 4.78 is 2.00. The molecule has 1 aliphatic carbocycles. The zero-order valence-corrected chi connectivity index (χ0v) is 10.1. The maximum absolute atomic E-state index is 5.64. The maximum atomic E-state index is 5.64. The van der Waals surface area contributed by atoms with Gasteiger partial charge in [-0.2, -0.15) is 0 Å². The number of rotatable bonds is 3. The van der Waals surface area contributed by atoms with Gasteiger partial charge >= 0.3 is 0 Å². The molecule has 0 aliphatic heterocycles. The van der Waals surface area contributed by atoms with E-state index in [0.717, 1.165) is 5.69 Å². The lowest BCUT2D eigenvalue weighted by Crippen LogP contribution is -2.15. The number of hydrogen-bond donors (Lipinski definition) is 1. The lowest BCUT2D eigenvalue weighted by atomic mass is 10.1. The van der Waals surface area contributed by atoms with E-state index >= 15 is 0 Å². The quantitative estimate of drug-likeness (QED) is 0.793. The molecular weight excluding hydrogens is 208 g/mol. The Labute approximate surface area is 94.8 Å². The lowest BCUT2D eigenvalue weighted by molar-refractivity contribution is 0.541. The Bertz CT molecular complexity index is 396. The number of hydrogen-bond acceptors (Lipinski definition) is 3. The van der Waals surface area contributed by atoms with Crippen LogP contribution in [0.2, 0.25) is 0 Å². The van der Waals surface area contributed by atoms with E-state index in [4.69, 9.17) is 18.0 Å². The highest BCUT2D eigenvalue weighted by atomic mass is 32.1. The van der Waals surface area contributed by atoms with E-state index in [2.05, 4.69) is 31.1 Å². The number of nitrogens with two attached hydrogens (primary N) is 1. The Morgan fingerprint density at radius 3 is 2.60 bits per heavy atom. The average Bonchev–Trinajstić information content (AvgIpc) is 2.71. The van der Waals surface area contributed by atoms with E-state index in [0.29, 0.717) is 28.6 Å². The maximum Gasteiger partial charge on any atom is 0.143 e. The predicted octanol–water partition coefficient (Wildman–Crippen LogP) is 1.62. The molecule has 1 aromatic rings. The Hall–Kier alpha value is -0.970. The van der Waals surface area contributed by atoms with Crippen molar-refractivity contribution in [2.24, 2.45) is 11.7 Å². The van der Waals surface area contributed by atoms with E-state index in [1.54, 1.807) is 0 Å². The van der Waals surface area contributed by atoms with Crippen molar-refractivity contribution in [1.29, 1.82) is 0 Å². The normalized spacial score (nSPS) is 24.5. The highest BCUT2D eigenvalue weighted by molar-refractivity contribution is 7.80. The molecule has 15 heavy (non-hydrogen) atoms. The van der Waals surface area contributed by atoms with E-state index in [9.17, 15) is 0 Å². The number of thiocarbonyl (C=S) groups is 1. The number of aromatic nitrogens is 3. The van der Waals surface area contributed by atoms with Crippen LogP contribution in [-0.2, 0) is 0 Å². The Morgan fingerprint density at radius 1 is 1.60 bits per heavy atom. The fourth-order valence-electron chi connectivity index (χ4n) is 1.90. The molecule has 1 heterocycles. The first-order chi connectivity index (χ1) is 7.02. The third-order valence-corrected chi connectivity index (χ3v) is 3.09. The van der Waals surface area contributed by atoms with Crippen LogP contribution in [0, 0.1) is 5.92 Å². The van der Waals surface area contributed by atoms with Gasteiger partial charge in [0.15, 0.2) is 0 Å². The van der Waals surface area contributed by atoms with Crippen LogP contribution in [0.15, 0.2) is 0 Å². The van der Waals surface area contributed by atoms with Gasteiger partial charge in [-0.3, -0.25) is 0 Å². The summed E-state index contributed by atoms with van der Waals surface area (Å²) in [7, 11) is 0. The topological polar surface area (TPSA) is 56.7 Å². The van der Waals surface area contributed by atoms with Gasteiger partial charge in [0.1, 0.15) is 10.7 Å².